The normalized spacial score (nSPS) is 10.7. The van der Waals surface area contributed by atoms with Crippen molar-refractivity contribution in [1.82, 2.24) is 4.98 Å². The van der Waals surface area contributed by atoms with Crippen LogP contribution in [0.1, 0.15) is 0 Å². The second kappa shape index (κ2) is 5.31. The molecular formula is C15H10BrClN2O. The molecular weight excluding hydrogens is 340 g/mol. The summed E-state index contributed by atoms with van der Waals surface area (Å²) in [7, 11) is 0. The smallest absolute Gasteiger partial charge is 0.153 e. The topological polar surface area (TPSA) is 48.1 Å². The van der Waals surface area contributed by atoms with Crippen molar-refractivity contribution in [2.75, 3.05) is 5.73 Å². The van der Waals surface area contributed by atoms with E-state index in [0.717, 1.165) is 15.4 Å². The summed E-state index contributed by atoms with van der Waals surface area (Å²) >= 11 is 9.35. The largest absolute Gasteiger partial charge is 0.454 e. The maximum atomic E-state index is 5.95. The fraction of sp³-hybridized carbons (Fsp3) is 0. The van der Waals surface area contributed by atoms with Crippen molar-refractivity contribution in [1.29, 1.82) is 0 Å². The number of benzene rings is 2. The molecule has 0 amide bonds. The summed E-state index contributed by atoms with van der Waals surface area (Å²) in [5.41, 5.74) is 7.35. The van der Waals surface area contributed by atoms with Crippen molar-refractivity contribution >= 4 is 44.1 Å². The van der Waals surface area contributed by atoms with Gasteiger partial charge in [0, 0.05) is 22.3 Å². The predicted molar refractivity (Wildman–Crippen MR) is 85.4 cm³/mol. The fourth-order valence-corrected chi connectivity index (χ4v) is 2.69. The SMILES string of the molecule is Nc1ccc(Oc2ccc(Cl)cc2Br)c2ncccc12. The van der Waals surface area contributed by atoms with Gasteiger partial charge in [0.2, 0.25) is 0 Å². The molecule has 2 aromatic carbocycles. The van der Waals surface area contributed by atoms with Crippen molar-refractivity contribution in [3.05, 3.63) is 58.2 Å². The molecule has 1 aromatic heterocycles. The summed E-state index contributed by atoms with van der Waals surface area (Å²) in [4.78, 5) is 4.34. The molecule has 100 valence electrons. The number of hydrogen-bond acceptors (Lipinski definition) is 3. The van der Waals surface area contributed by atoms with E-state index in [0.29, 0.717) is 22.2 Å². The van der Waals surface area contributed by atoms with Crippen LogP contribution in [0.3, 0.4) is 0 Å². The van der Waals surface area contributed by atoms with Crippen LogP contribution in [-0.4, -0.2) is 4.98 Å². The molecule has 0 fully saturated rings. The van der Waals surface area contributed by atoms with E-state index in [2.05, 4.69) is 20.9 Å². The van der Waals surface area contributed by atoms with Crippen LogP contribution in [0.15, 0.2) is 53.1 Å². The summed E-state index contributed by atoms with van der Waals surface area (Å²) in [6.07, 6.45) is 1.71. The van der Waals surface area contributed by atoms with Gasteiger partial charge in [0.15, 0.2) is 5.75 Å². The van der Waals surface area contributed by atoms with Crippen molar-refractivity contribution in [2.45, 2.75) is 0 Å². The van der Waals surface area contributed by atoms with Crippen LogP contribution in [-0.2, 0) is 0 Å². The van der Waals surface area contributed by atoms with Crippen LogP contribution >= 0.6 is 27.5 Å². The third-order valence-corrected chi connectivity index (χ3v) is 3.74. The van der Waals surface area contributed by atoms with E-state index >= 15 is 0 Å². The standard InChI is InChI=1S/C15H10BrClN2O/c16-11-8-9(17)3-5-13(11)20-14-6-4-12(18)10-2-1-7-19-15(10)14/h1-8H,18H2. The summed E-state index contributed by atoms with van der Waals surface area (Å²) in [5.74, 6) is 1.32. The maximum absolute atomic E-state index is 5.95. The molecule has 0 radical (unpaired) electrons. The van der Waals surface area contributed by atoms with Gasteiger partial charge in [-0.05, 0) is 58.4 Å². The Bertz CT molecular complexity index is 792. The number of nitrogens with two attached hydrogens (primary N) is 1. The van der Waals surface area contributed by atoms with Gasteiger partial charge in [0.25, 0.3) is 0 Å². The Kier molecular flexibility index (Phi) is 3.51. The average Bonchev–Trinajstić information content (AvgIpc) is 2.45. The second-order valence-electron chi connectivity index (χ2n) is 4.23. The highest BCUT2D eigenvalue weighted by Gasteiger charge is 2.09. The molecule has 0 spiro atoms. The lowest BCUT2D eigenvalue weighted by molar-refractivity contribution is 0.484. The lowest BCUT2D eigenvalue weighted by Gasteiger charge is -2.11. The Labute approximate surface area is 129 Å². The fourth-order valence-electron chi connectivity index (χ4n) is 1.93. The van der Waals surface area contributed by atoms with E-state index in [4.69, 9.17) is 22.1 Å². The first-order valence-corrected chi connectivity index (χ1v) is 7.08. The molecule has 0 aliphatic heterocycles. The molecule has 20 heavy (non-hydrogen) atoms. The lowest BCUT2D eigenvalue weighted by atomic mass is 10.1. The minimum Gasteiger partial charge on any atom is -0.454 e. The lowest BCUT2D eigenvalue weighted by Crippen LogP contribution is -1.92. The number of pyridine rings is 1. The number of nitrogen functional groups attached to an aromatic ring is 1. The molecule has 0 saturated carbocycles. The average molecular weight is 350 g/mol. The van der Waals surface area contributed by atoms with Gasteiger partial charge in [-0.15, -0.1) is 0 Å². The number of anilines is 1. The second-order valence-corrected chi connectivity index (χ2v) is 5.52. The highest BCUT2D eigenvalue weighted by atomic mass is 79.9. The zero-order valence-corrected chi connectivity index (χ0v) is 12.6. The number of hydrogen-bond donors (Lipinski definition) is 1. The molecule has 3 aromatic rings. The Balaban J connectivity index is 2.09. The summed E-state index contributed by atoms with van der Waals surface area (Å²) in [6.45, 7) is 0. The van der Waals surface area contributed by atoms with Crippen LogP contribution in [0.5, 0.6) is 11.5 Å². The number of nitrogens with zero attached hydrogens (tertiary/aromatic N) is 1. The van der Waals surface area contributed by atoms with E-state index in [1.807, 2.05) is 24.3 Å². The van der Waals surface area contributed by atoms with Crippen molar-refractivity contribution < 1.29 is 4.74 Å². The van der Waals surface area contributed by atoms with Crippen LogP contribution < -0.4 is 10.5 Å². The van der Waals surface area contributed by atoms with E-state index < -0.39 is 0 Å². The molecule has 1 heterocycles. The zero-order chi connectivity index (χ0) is 14.1. The summed E-state index contributed by atoms with van der Waals surface area (Å²) in [6, 6.07) is 12.7. The van der Waals surface area contributed by atoms with Crippen molar-refractivity contribution in [3.8, 4) is 11.5 Å². The van der Waals surface area contributed by atoms with Gasteiger partial charge >= 0.3 is 0 Å². The summed E-state index contributed by atoms with van der Waals surface area (Å²) < 4.78 is 6.69. The van der Waals surface area contributed by atoms with E-state index in [-0.39, 0.29) is 0 Å². The highest BCUT2D eigenvalue weighted by molar-refractivity contribution is 9.10. The molecule has 0 atom stereocenters. The minimum atomic E-state index is 0.643. The van der Waals surface area contributed by atoms with Gasteiger partial charge in [0.05, 0.1) is 4.47 Å². The zero-order valence-electron chi connectivity index (χ0n) is 10.3. The number of ether oxygens (including phenoxy) is 1. The highest BCUT2D eigenvalue weighted by Crippen LogP contribution is 2.35. The van der Waals surface area contributed by atoms with Gasteiger partial charge in [-0.25, -0.2) is 0 Å². The van der Waals surface area contributed by atoms with Gasteiger partial charge in [-0.3, -0.25) is 4.98 Å². The van der Waals surface area contributed by atoms with Crippen LogP contribution in [0.25, 0.3) is 10.9 Å². The Morgan fingerprint density at radius 2 is 1.90 bits per heavy atom. The number of rotatable bonds is 2. The summed E-state index contributed by atoms with van der Waals surface area (Å²) in [5, 5.41) is 1.51. The number of halogens is 2. The van der Waals surface area contributed by atoms with Gasteiger partial charge in [0.1, 0.15) is 11.3 Å². The van der Waals surface area contributed by atoms with Crippen LogP contribution in [0.2, 0.25) is 5.02 Å². The first kappa shape index (κ1) is 13.2. The monoisotopic (exact) mass is 348 g/mol. The molecule has 0 saturated heterocycles. The van der Waals surface area contributed by atoms with Gasteiger partial charge in [-0.1, -0.05) is 11.6 Å². The first-order valence-electron chi connectivity index (χ1n) is 5.91. The number of fused-ring (bicyclic) bond motifs is 1. The molecule has 0 aliphatic rings. The predicted octanol–water partition coefficient (Wildman–Crippen LogP) is 5.03. The molecule has 3 nitrogen and oxygen atoms in total. The molecule has 0 unspecified atom stereocenters. The Hall–Kier alpha value is -1.78. The van der Waals surface area contributed by atoms with E-state index in [9.17, 15) is 0 Å². The number of aromatic nitrogens is 1. The molecule has 0 aliphatic carbocycles. The van der Waals surface area contributed by atoms with Crippen molar-refractivity contribution in [3.63, 3.8) is 0 Å². The van der Waals surface area contributed by atoms with Gasteiger partial charge < -0.3 is 10.5 Å². The third-order valence-electron chi connectivity index (χ3n) is 2.88. The van der Waals surface area contributed by atoms with E-state index in [1.54, 1.807) is 24.4 Å². The molecule has 5 heteroatoms. The first-order chi connectivity index (χ1) is 9.65. The Morgan fingerprint density at radius 3 is 2.70 bits per heavy atom. The van der Waals surface area contributed by atoms with Gasteiger partial charge in [-0.2, -0.15) is 0 Å². The molecule has 2 N–H and O–H groups in total. The minimum absolute atomic E-state index is 0.643. The molecule has 3 rings (SSSR count). The van der Waals surface area contributed by atoms with E-state index in [1.165, 1.54) is 0 Å². The maximum Gasteiger partial charge on any atom is 0.153 e. The van der Waals surface area contributed by atoms with Crippen LogP contribution in [0, 0.1) is 0 Å². The Morgan fingerprint density at radius 1 is 1.10 bits per heavy atom. The third kappa shape index (κ3) is 2.44. The van der Waals surface area contributed by atoms with Crippen molar-refractivity contribution in [2.24, 2.45) is 0 Å². The molecule has 0 bridgehead atoms. The van der Waals surface area contributed by atoms with Crippen LogP contribution in [0.4, 0.5) is 5.69 Å². The quantitative estimate of drug-likeness (QED) is 0.660.